The smallest absolute Gasteiger partial charge is 0.257 e. The van der Waals surface area contributed by atoms with Crippen LogP contribution in [0, 0.1) is 0 Å². The molecule has 2 aromatic rings. The monoisotopic (exact) mass is 425 g/mol. The highest BCUT2D eigenvalue weighted by Crippen LogP contribution is 2.29. The van der Waals surface area contributed by atoms with Crippen LogP contribution in [0.15, 0.2) is 28.5 Å². The molecule has 1 heterocycles. The van der Waals surface area contributed by atoms with Gasteiger partial charge in [0.1, 0.15) is 10.6 Å². The number of hydrogen-bond acceptors (Lipinski definition) is 6. The summed E-state index contributed by atoms with van der Waals surface area (Å²) in [6.45, 7) is 10.3. The van der Waals surface area contributed by atoms with E-state index >= 15 is 0 Å². The molecule has 28 heavy (non-hydrogen) atoms. The van der Waals surface area contributed by atoms with E-state index < -0.39 is 15.9 Å². The number of amides is 1. The minimum Gasteiger partial charge on any atom is -0.495 e. The Labute approximate surface area is 170 Å². The van der Waals surface area contributed by atoms with Gasteiger partial charge in [-0.1, -0.05) is 34.6 Å². The summed E-state index contributed by atoms with van der Waals surface area (Å²) in [7, 11) is -2.37. The second-order valence-electron chi connectivity index (χ2n) is 7.20. The summed E-state index contributed by atoms with van der Waals surface area (Å²) in [4.78, 5) is 17.1. The van der Waals surface area contributed by atoms with Crippen LogP contribution in [-0.2, 0) is 15.4 Å². The molecule has 1 aromatic heterocycles. The molecule has 0 aliphatic carbocycles. The lowest BCUT2D eigenvalue weighted by molar-refractivity contribution is 0.102. The van der Waals surface area contributed by atoms with Crippen molar-refractivity contribution in [2.45, 2.75) is 44.9 Å². The highest BCUT2D eigenvalue weighted by Gasteiger charge is 2.27. The van der Waals surface area contributed by atoms with Gasteiger partial charge < -0.3 is 4.74 Å². The molecule has 0 aliphatic rings. The van der Waals surface area contributed by atoms with Crippen molar-refractivity contribution < 1.29 is 17.9 Å². The van der Waals surface area contributed by atoms with E-state index in [2.05, 4.69) is 10.3 Å². The summed E-state index contributed by atoms with van der Waals surface area (Å²) in [5.74, 6) is -0.221. The minimum absolute atomic E-state index is 0.0270. The van der Waals surface area contributed by atoms with Gasteiger partial charge in [-0.05, 0) is 18.2 Å². The maximum absolute atomic E-state index is 12.9. The largest absolute Gasteiger partial charge is 0.495 e. The van der Waals surface area contributed by atoms with E-state index in [4.69, 9.17) is 4.74 Å². The van der Waals surface area contributed by atoms with Crippen molar-refractivity contribution in [3.05, 3.63) is 34.8 Å². The van der Waals surface area contributed by atoms with Crippen LogP contribution in [0.1, 0.15) is 50.7 Å². The zero-order chi connectivity index (χ0) is 21.1. The van der Waals surface area contributed by atoms with Crippen molar-refractivity contribution in [1.29, 1.82) is 0 Å². The van der Waals surface area contributed by atoms with Gasteiger partial charge in [0.2, 0.25) is 10.0 Å². The first-order valence-corrected chi connectivity index (χ1v) is 11.3. The highest BCUT2D eigenvalue weighted by molar-refractivity contribution is 7.89. The number of nitrogens with zero attached hydrogens (tertiary/aromatic N) is 2. The van der Waals surface area contributed by atoms with Crippen LogP contribution in [0.2, 0.25) is 0 Å². The summed E-state index contributed by atoms with van der Waals surface area (Å²) in [5.41, 5.74) is 0.983. The van der Waals surface area contributed by atoms with E-state index in [0.29, 0.717) is 18.2 Å². The molecular weight excluding hydrogens is 398 g/mol. The van der Waals surface area contributed by atoms with Crippen LogP contribution in [0.5, 0.6) is 5.75 Å². The zero-order valence-corrected chi connectivity index (χ0v) is 18.7. The summed E-state index contributed by atoms with van der Waals surface area (Å²) in [6, 6.07) is 4.38. The van der Waals surface area contributed by atoms with E-state index in [0.717, 1.165) is 5.69 Å². The summed E-state index contributed by atoms with van der Waals surface area (Å²) in [6.07, 6.45) is 0. The first-order chi connectivity index (χ1) is 13.0. The third kappa shape index (κ3) is 4.71. The fraction of sp³-hybridized carbons (Fsp3) is 0.474. The Balaban J connectivity index is 2.36. The molecule has 0 spiro atoms. The normalized spacial score (nSPS) is 12.2. The van der Waals surface area contributed by atoms with E-state index in [1.807, 2.05) is 26.2 Å². The van der Waals surface area contributed by atoms with E-state index in [-0.39, 0.29) is 21.6 Å². The van der Waals surface area contributed by atoms with Crippen molar-refractivity contribution in [3.63, 3.8) is 0 Å². The number of ether oxygens (including phenoxy) is 1. The van der Waals surface area contributed by atoms with Crippen molar-refractivity contribution in [2.24, 2.45) is 0 Å². The zero-order valence-electron chi connectivity index (χ0n) is 17.1. The molecule has 0 atom stereocenters. The Morgan fingerprint density at radius 2 is 1.89 bits per heavy atom. The first-order valence-electron chi connectivity index (χ1n) is 9.00. The Hall–Kier alpha value is -1.97. The highest BCUT2D eigenvalue weighted by atomic mass is 32.2. The third-order valence-electron chi connectivity index (χ3n) is 4.24. The number of carbonyl (C=O) groups excluding carboxylic acids is 1. The van der Waals surface area contributed by atoms with Gasteiger partial charge in [-0.2, -0.15) is 4.31 Å². The Bertz CT molecular complexity index is 942. The maximum Gasteiger partial charge on any atom is 0.257 e. The predicted octanol–water partition coefficient (Wildman–Crippen LogP) is 3.73. The van der Waals surface area contributed by atoms with Crippen LogP contribution < -0.4 is 10.1 Å². The van der Waals surface area contributed by atoms with Crippen molar-refractivity contribution in [3.8, 4) is 5.75 Å². The molecule has 0 aliphatic heterocycles. The fourth-order valence-corrected chi connectivity index (χ4v) is 5.14. The molecule has 0 bridgehead atoms. The van der Waals surface area contributed by atoms with Gasteiger partial charge in [0.25, 0.3) is 5.91 Å². The van der Waals surface area contributed by atoms with E-state index in [1.165, 1.54) is 41.0 Å². The molecule has 1 aromatic carbocycles. The Morgan fingerprint density at radius 3 is 2.39 bits per heavy atom. The van der Waals surface area contributed by atoms with Crippen LogP contribution in [0.4, 0.5) is 5.13 Å². The topological polar surface area (TPSA) is 88.6 Å². The molecule has 0 saturated carbocycles. The van der Waals surface area contributed by atoms with Crippen molar-refractivity contribution in [1.82, 2.24) is 9.29 Å². The maximum atomic E-state index is 12.9. The van der Waals surface area contributed by atoms with Gasteiger partial charge >= 0.3 is 0 Å². The lowest BCUT2D eigenvalue weighted by atomic mass is 9.93. The number of thiazole rings is 1. The van der Waals surface area contributed by atoms with Crippen molar-refractivity contribution in [2.75, 3.05) is 25.5 Å². The summed E-state index contributed by atoms with van der Waals surface area (Å²) in [5, 5.41) is 5.12. The Kier molecular flexibility index (Phi) is 6.84. The molecule has 0 radical (unpaired) electrons. The predicted molar refractivity (Wildman–Crippen MR) is 112 cm³/mol. The molecule has 154 valence electrons. The number of rotatable bonds is 7. The van der Waals surface area contributed by atoms with Gasteiger partial charge in [0.05, 0.1) is 12.8 Å². The molecule has 1 amide bonds. The van der Waals surface area contributed by atoms with E-state index in [9.17, 15) is 13.2 Å². The molecule has 0 saturated heterocycles. The Morgan fingerprint density at radius 1 is 1.25 bits per heavy atom. The number of nitrogens with one attached hydrogen (secondary N) is 1. The average Bonchev–Trinajstić information content (AvgIpc) is 3.10. The van der Waals surface area contributed by atoms with Gasteiger partial charge in [-0.15, -0.1) is 11.3 Å². The second kappa shape index (κ2) is 8.59. The minimum atomic E-state index is -3.77. The number of benzene rings is 1. The lowest BCUT2D eigenvalue weighted by Gasteiger charge is -2.20. The molecule has 2 rings (SSSR count). The van der Waals surface area contributed by atoms with Crippen molar-refractivity contribution >= 4 is 32.4 Å². The number of methoxy groups -OCH3 is 1. The molecule has 1 N–H and O–H groups in total. The summed E-state index contributed by atoms with van der Waals surface area (Å²) < 4.78 is 32.4. The van der Waals surface area contributed by atoms with Crippen LogP contribution in [0.25, 0.3) is 0 Å². The van der Waals surface area contributed by atoms with Crippen LogP contribution in [-0.4, -0.2) is 43.8 Å². The number of aromatic nitrogens is 1. The number of sulfonamides is 1. The average molecular weight is 426 g/mol. The molecule has 9 heteroatoms. The van der Waals surface area contributed by atoms with Gasteiger partial charge in [0, 0.05) is 29.4 Å². The van der Waals surface area contributed by atoms with Gasteiger partial charge in [-0.3, -0.25) is 10.1 Å². The quantitative estimate of drug-likeness (QED) is 0.730. The third-order valence-corrected chi connectivity index (χ3v) is 7.07. The van der Waals surface area contributed by atoms with Crippen LogP contribution >= 0.6 is 11.3 Å². The number of carbonyl (C=O) groups is 1. The number of anilines is 1. The van der Waals surface area contributed by atoms with Gasteiger partial charge in [0.15, 0.2) is 5.13 Å². The van der Waals surface area contributed by atoms with E-state index in [1.54, 1.807) is 13.8 Å². The lowest BCUT2D eigenvalue weighted by Crippen LogP contribution is -2.31. The molecule has 0 fully saturated rings. The molecule has 7 nitrogen and oxygen atoms in total. The molecule has 0 unspecified atom stereocenters. The SMILES string of the molecule is CCN(CC)S(=O)(=O)c1cc(C(=O)Nc2nc(C(C)(C)C)cs2)ccc1OC. The fourth-order valence-electron chi connectivity index (χ4n) is 2.57. The standard InChI is InChI=1S/C19H27N3O4S2/c1-7-22(8-2)28(24,25)15-11-13(9-10-14(15)26-6)17(23)21-18-20-16(12-27-18)19(3,4)5/h9-12H,7-8H2,1-6H3,(H,20,21,23). The number of hydrogen-bond donors (Lipinski definition) is 1. The molecular formula is C19H27N3O4S2. The van der Waals surface area contributed by atoms with Gasteiger partial charge in [-0.25, -0.2) is 13.4 Å². The summed E-state index contributed by atoms with van der Waals surface area (Å²) >= 11 is 1.33. The van der Waals surface area contributed by atoms with Crippen LogP contribution in [0.3, 0.4) is 0 Å². The first kappa shape index (κ1) is 22.3. The second-order valence-corrected chi connectivity index (χ2v) is 9.96.